The van der Waals surface area contributed by atoms with Gasteiger partial charge in [0.15, 0.2) is 0 Å². The molecule has 7 heteroatoms. The molecular formula is C22H29N3O3S. The number of carbonyl (C=O) groups excluding carboxylic acids is 3. The predicted octanol–water partition coefficient (Wildman–Crippen LogP) is 2.81. The highest BCUT2D eigenvalue weighted by molar-refractivity contribution is 7.99. The topological polar surface area (TPSA) is 69.7 Å². The summed E-state index contributed by atoms with van der Waals surface area (Å²) in [5.74, 6) is 0.337. The number of nitrogens with one attached hydrogen (secondary N) is 1. The molecule has 1 aromatic carbocycles. The standard InChI is InChI=1S/C22H29N3O3S/c26-20-10-9-18(21(27)23-20)25-15-17-16(22(25)28)7-6-8-19(17)29-14-5-4-13-24-11-2-1-3-12-24/h6-8,18H,1-5,9-15H2,(H,23,26,27). The lowest BCUT2D eigenvalue weighted by Crippen LogP contribution is -2.52. The largest absolute Gasteiger partial charge is 0.322 e. The zero-order chi connectivity index (χ0) is 20.2. The van der Waals surface area contributed by atoms with Crippen molar-refractivity contribution in [1.82, 2.24) is 15.1 Å². The van der Waals surface area contributed by atoms with Gasteiger partial charge in [0.2, 0.25) is 11.8 Å². The number of hydrogen-bond donors (Lipinski definition) is 1. The molecule has 3 amide bonds. The van der Waals surface area contributed by atoms with Crippen molar-refractivity contribution >= 4 is 29.5 Å². The summed E-state index contributed by atoms with van der Waals surface area (Å²) in [5, 5.41) is 2.36. The molecule has 0 aliphatic carbocycles. The van der Waals surface area contributed by atoms with E-state index in [0.29, 0.717) is 18.5 Å². The Morgan fingerprint density at radius 3 is 2.69 bits per heavy atom. The minimum Gasteiger partial charge on any atom is -0.322 e. The van der Waals surface area contributed by atoms with Gasteiger partial charge in [-0.2, -0.15) is 0 Å². The summed E-state index contributed by atoms with van der Waals surface area (Å²) in [5.41, 5.74) is 1.73. The number of carbonyl (C=O) groups is 3. The zero-order valence-corrected chi connectivity index (χ0v) is 17.6. The molecule has 2 saturated heterocycles. The molecule has 2 fully saturated rings. The SMILES string of the molecule is O=C1CCC(N2Cc3c(SCCCCN4CCCCC4)cccc3C2=O)C(=O)N1. The summed E-state index contributed by atoms with van der Waals surface area (Å²) < 4.78 is 0. The van der Waals surface area contributed by atoms with Crippen LogP contribution in [-0.2, 0) is 16.1 Å². The highest BCUT2D eigenvalue weighted by Gasteiger charge is 2.39. The van der Waals surface area contributed by atoms with Gasteiger partial charge in [-0.25, -0.2) is 0 Å². The summed E-state index contributed by atoms with van der Waals surface area (Å²) in [7, 11) is 0. The second kappa shape index (κ2) is 9.30. The molecule has 6 nitrogen and oxygen atoms in total. The molecule has 0 radical (unpaired) electrons. The van der Waals surface area contributed by atoms with Crippen LogP contribution in [0.3, 0.4) is 0 Å². The van der Waals surface area contributed by atoms with Crippen LogP contribution >= 0.6 is 11.8 Å². The molecular weight excluding hydrogens is 386 g/mol. The molecule has 0 aromatic heterocycles. The summed E-state index contributed by atoms with van der Waals surface area (Å²) >= 11 is 1.81. The fraction of sp³-hybridized carbons (Fsp3) is 0.591. The summed E-state index contributed by atoms with van der Waals surface area (Å²) in [6.07, 6.45) is 7.11. The maximum atomic E-state index is 12.9. The van der Waals surface area contributed by atoms with Crippen molar-refractivity contribution in [2.24, 2.45) is 0 Å². The van der Waals surface area contributed by atoms with Gasteiger partial charge < -0.3 is 9.80 Å². The van der Waals surface area contributed by atoms with Crippen LogP contribution in [0.15, 0.2) is 23.1 Å². The minimum atomic E-state index is -0.546. The molecule has 0 spiro atoms. The number of amides is 3. The van der Waals surface area contributed by atoms with E-state index in [2.05, 4.69) is 16.3 Å². The van der Waals surface area contributed by atoms with Crippen molar-refractivity contribution in [2.75, 3.05) is 25.4 Å². The number of likely N-dealkylation sites (tertiary alicyclic amines) is 1. The Morgan fingerprint density at radius 2 is 1.90 bits per heavy atom. The number of hydrogen-bond acceptors (Lipinski definition) is 5. The Balaban J connectivity index is 1.32. The number of piperidine rings is 2. The van der Waals surface area contributed by atoms with Crippen LogP contribution in [0.2, 0.25) is 0 Å². The summed E-state index contributed by atoms with van der Waals surface area (Å²) in [6, 6.07) is 5.31. The highest BCUT2D eigenvalue weighted by atomic mass is 32.2. The Morgan fingerprint density at radius 1 is 1.07 bits per heavy atom. The van der Waals surface area contributed by atoms with Gasteiger partial charge >= 0.3 is 0 Å². The first kappa shape index (κ1) is 20.4. The average molecular weight is 416 g/mol. The number of imide groups is 1. The minimum absolute atomic E-state index is 0.0953. The van der Waals surface area contributed by atoms with Crippen LogP contribution in [0.25, 0.3) is 0 Å². The lowest BCUT2D eigenvalue weighted by atomic mass is 10.0. The third-order valence-electron chi connectivity index (χ3n) is 6.11. The molecule has 1 N–H and O–H groups in total. The number of nitrogens with zero attached hydrogens (tertiary/aromatic N) is 2. The molecule has 3 aliphatic rings. The maximum Gasteiger partial charge on any atom is 0.255 e. The van der Waals surface area contributed by atoms with Gasteiger partial charge in [-0.1, -0.05) is 12.5 Å². The van der Waals surface area contributed by atoms with Crippen molar-refractivity contribution in [3.63, 3.8) is 0 Å². The molecule has 0 saturated carbocycles. The summed E-state index contributed by atoms with van der Waals surface area (Å²) in [6.45, 7) is 4.14. The first-order chi connectivity index (χ1) is 14.1. The van der Waals surface area contributed by atoms with E-state index in [1.54, 1.807) is 4.90 Å². The number of thioether (sulfide) groups is 1. The quantitative estimate of drug-likeness (QED) is 0.421. The molecule has 29 heavy (non-hydrogen) atoms. The van der Waals surface area contributed by atoms with Gasteiger partial charge in [0.05, 0.1) is 0 Å². The number of unbranched alkanes of at least 4 members (excludes halogenated alkanes) is 1. The highest BCUT2D eigenvalue weighted by Crippen LogP contribution is 2.34. The van der Waals surface area contributed by atoms with E-state index in [0.717, 1.165) is 22.6 Å². The number of rotatable bonds is 7. The molecule has 1 aromatic rings. The van der Waals surface area contributed by atoms with E-state index in [9.17, 15) is 14.4 Å². The van der Waals surface area contributed by atoms with Crippen molar-refractivity contribution in [3.05, 3.63) is 29.3 Å². The van der Waals surface area contributed by atoms with Gasteiger partial charge in [-0.15, -0.1) is 11.8 Å². The molecule has 3 aliphatic heterocycles. The summed E-state index contributed by atoms with van der Waals surface area (Å²) in [4.78, 5) is 41.9. The van der Waals surface area contributed by atoms with Gasteiger partial charge in [0.25, 0.3) is 5.91 Å². The van der Waals surface area contributed by atoms with Gasteiger partial charge in [0.1, 0.15) is 6.04 Å². The monoisotopic (exact) mass is 415 g/mol. The van der Waals surface area contributed by atoms with E-state index in [4.69, 9.17) is 0 Å². The second-order valence-electron chi connectivity index (χ2n) is 8.14. The number of fused-ring (bicyclic) bond motifs is 1. The van der Waals surface area contributed by atoms with Crippen molar-refractivity contribution in [3.8, 4) is 0 Å². The van der Waals surface area contributed by atoms with Crippen molar-refractivity contribution in [1.29, 1.82) is 0 Å². The van der Waals surface area contributed by atoms with E-state index >= 15 is 0 Å². The van der Waals surface area contributed by atoms with E-state index in [-0.39, 0.29) is 24.1 Å². The fourth-order valence-corrected chi connectivity index (χ4v) is 5.59. The second-order valence-corrected chi connectivity index (χ2v) is 9.28. The van der Waals surface area contributed by atoms with E-state index < -0.39 is 6.04 Å². The lowest BCUT2D eigenvalue weighted by molar-refractivity contribution is -0.136. The van der Waals surface area contributed by atoms with Crippen molar-refractivity contribution in [2.45, 2.75) is 62.4 Å². The van der Waals surface area contributed by atoms with Crippen LogP contribution in [0.4, 0.5) is 0 Å². The van der Waals surface area contributed by atoms with Crippen LogP contribution in [0.1, 0.15) is 60.9 Å². The molecule has 156 valence electrons. The Hall–Kier alpha value is -1.86. The normalized spacial score (nSPS) is 22.7. The first-order valence-electron chi connectivity index (χ1n) is 10.7. The van der Waals surface area contributed by atoms with Gasteiger partial charge in [-0.3, -0.25) is 19.7 Å². The molecule has 1 atom stereocenters. The van der Waals surface area contributed by atoms with Crippen LogP contribution in [-0.4, -0.2) is 59.0 Å². The Bertz CT molecular complexity index is 792. The van der Waals surface area contributed by atoms with Crippen LogP contribution in [0.5, 0.6) is 0 Å². The number of benzene rings is 1. The Kier molecular flexibility index (Phi) is 6.55. The molecule has 0 bridgehead atoms. The van der Waals surface area contributed by atoms with Crippen LogP contribution in [0, 0.1) is 0 Å². The first-order valence-corrected chi connectivity index (χ1v) is 11.7. The maximum absolute atomic E-state index is 12.9. The fourth-order valence-electron chi connectivity index (χ4n) is 4.50. The third-order valence-corrected chi connectivity index (χ3v) is 7.30. The van der Waals surface area contributed by atoms with E-state index in [1.165, 1.54) is 45.3 Å². The van der Waals surface area contributed by atoms with Gasteiger partial charge in [-0.05, 0) is 75.2 Å². The van der Waals surface area contributed by atoms with Crippen molar-refractivity contribution < 1.29 is 14.4 Å². The molecule has 3 heterocycles. The van der Waals surface area contributed by atoms with Crippen LogP contribution < -0.4 is 5.32 Å². The predicted molar refractivity (Wildman–Crippen MR) is 113 cm³/mol. The van der Waals surface area contributed by atoms with E-state index in [1.807, 2.05) is 23.9 Å². The Labute approximate surface area is 176 Å². The van der Waals surface area contributed by atoms with Gasteiger partial charge in [0, 0.05) is 23.4 Å². The smallest absolute Gasteiger partial charge is 0.255 e. The third kappa shape index (κ3) is 4.67. The molecule has 4 rings (SSSR count). The lowest BCUT2D eigenvalue weighted by Gasteiger charge is -2.29. The average Bonchev–Trinajstić information content (AvgIpc) is 3.06. The molecule has 1 unspecified atom stereocenters. The zero-order valence-electron chi connectivity index (χ0n) is 16.8.